The zero-order valence-corrected chi connectivity index (χ0v) is 18.1. The molecule has 1 amide bonds. The van der Waals surface area contributed by atoms with Crippen LogP contribution in [0, 0.1) is 11.3 Å². The van der Waals surface area contributed by atoms with Gasteiger partial charge in [0.1, 0.15) is 0 Å². The number of hydrogen-bond donors (Lipinski definition) is 1. The molecule has 2 N–H and O–H groups in total. The van der Waals surface area contributed by atoms with Gasteiger partial charge in [-0.25, -0.2) is 0 Å². The molecule has 0 aromatic carbocycles. The second-order valence-corrected chi connectivity index (χ2v) is 9.57. The van der Waals surface area contributed by atoms with E-state index in [1.54, 1.807) is 21.3 Å². The first-order valence-corrected chi connectivity index (χ1v) is 10.6. The predicted molar refractivity (Wildman–Crippen MR) is 99.9 cm³/mol. The quantitative estimate of drug-likeness (QED) is 0.337. The summed E-state index contributed by atoms with van der Waals surface area (Å²) in [6.45, 7) is 9.87. The Morgan fingerprint density at radius 1 is 1.08 bits per heavy atom. The summed E-state index contributed by atoms with van der Waals surface area (Å²) >= 11 is 0. The SMILES string of the molecule is CCC(C)(C)C(=O)OCCC[Si](OC)(OC)OC.CCC(C)C(N)=O. The molecule has 150 valence electrons. The third-order valence-electron chi connectivity index (χ3n) is 4.33. The third kappa shape index (κ3) is 10.6. The van der Waals surface area contributed by atoms with Crippen LogP contribution in [0.5, 0.6) is 0 Å². The largest absolute Gasteiger partial charge is 0.500 e. The Morgan fingerprint density at radius 3 is 1.84 bits per heavy atom. The highest BCUT2D eigenvalue weighted by Gasteiger charge is 2.37. The highest BCUT2D eigenvalue weighted by Crippen LogP contribution is 2.22. The molecule has 0 rings (SSSR count). The van der Waals surface area contributed by atoms with Gasteiger partial charge in [-0.2, -0.15) is 0 Å². The second kappa shape index (κ2) is 13.3. The van der Waals surface area contributed by atoms with Crippen LogP contribution in [-0.2, 0) is 27.6 Å². The normalized spacial score (nSPS) is 12.8. The van der Waals surface area contributed by atoms with Crippen LogP contribution < -0.4 is 5.73 Å². The molecular weight excluding hydrogens is 342 g/mol. The molecule has 0 aliphatic carbocycles. The van der Waals surface area contributed by atoms with E-state index in [1.807, 2.05) is 34.6 Å². The number of esters is 1. The molecule has 0 aromatic rings. The number of carbonyl (C=O) groups is 2. The minimum atomic E-state index is -2.53. The molecule has 0 bridgehead atoms. The number of rotatable bonds is 11. The Labute approximate surface area is 153 Å². The number of ether oxygens (including phenoxy) is 1. The molecule has 1 atom stereocenters. The number of nitrogens with two attached hydrogens (primary N) is 1. The van der Waals surface area contributed by atoms with Crippen molar-refractivity contribution in [2.24, 2.45) is 17.1 Å². The third-order valence-corrected chi connectivity index (χ3v) is 7.16. The van der Waals surface area contributed by atoms with Crippen molar-refractivity contribution in [2.75, 3.05) is 27.9 Å². The lowest BCUT2D eigenvalue weighted by atomic mass is 9.91. The van der Waals surface area contributed by atoms with Gasteiger partial charge in [-0.15, -0.1) is 0 Å². The molecule has 0 aliphatic rings. The van der Waals surface area contributed by atoms with E-state index in [9.17, 15) is 9.59 Å². The van der Waals surface area contributed by atoms with Gasteiger partial charge in [0.05, 0.1) is 12.0 Å². The van der Waals surface area contributed by atoms with Crippen LogP contribution in [-0.4, -0.2) is 48.6 Å². The van der Waals surface area contributed by atoms with E-state index in [-0.39, 0.29) is 17.8 Å². The van der Waals surface area contributed by atoms with Crippen LogP contribution in [0.15, 0.2) is 0 Å². The summed E-state index contributed by atoms with van der Waals surface area (Å²) < 4.78 is 21.1. The fourth-order valence-electron chi connectivity index (χ4n) is 1.55. The summed E-state index contributed by atoms with van der Waals surface area (Å²) in [6, 6.07) is 0.635. The molecule has 0 saturated carbocycles. The Balaban J connectivity index is 0. The van der Waals surface area contributed by atoms with Gasteiger partial charge in [0.15, 0.2) is 0 Å². The molecule has 0 spiro atoms. The van der Waals surface area contributed by atoms with Crippen molar-refractivity contribution in [1.29, 1.82) is 0 Å². The van der Waals surface area contributed by atoms with E-state index in [4.69, 9.17) is 23.7 Å². The van der Waals surface area contributed by atoms with Gasteiger partial charge in [0, 0.05) is 33.3 Å². The second-order valence-electron chi connectivity index (χ2n) is 6.48. The number of carbonyl (C=O) groups excluding carboxylic acids is 2. The molecule has 0 aliphatic heterocycles. The predicted octanol–water partition coefficient (Wildman–Crippen LogP) is 2.75. The Morgan fingerprint density at radius 2 is 1.56 bits per heavy atom. The Bertz CT molecular complexity index is 377. The molecule has 8 heteroatoms. The first-order valence-electron chi connectivity index (χ1n) is 8.67. The minimum Gasteiger partial charge on any atom is -0.465 e. The standard InChI is InChI=1S/C12H26O5Si.C5H11NO/c1-7-12(2,3)11(13)17-9-8-10-18(14-4,15-5)16-6;1-3-4(2)5(6)7/h7-10H2,1-6H3;4H,3H2,1-2H3,(H2,6,7). The van der Waals surface area contributed by atoms with Crippen LogP contribution in [0.2, 0.25) is 6.04 Å². The molecule has 25 heavy (non-hydrogen) atoms. The van der Waals surface area contributed by atoms with Gasteiger partial charge < -0.3 is 23.7 Å². The van der Waals surface area contributed by atoms with Gasteiger partial charge in [0.25, 0.3) is 0 Å². The zero-order valence-electron chi connectivity index (χ0n) is 17.1. The molecule has 0 saturated heterocycles. The molecule has 1 unspecified atom stereocenters. The van der Waals surface area contributed by atoms with Gasteiger partial charge >= 0.3 is 14.8 Å². The fourth-order valence-corrected chi connectivity index (χ4v) is 3.24. The average molecular weight is 380 g/mol. The Hall–Kier alpha value is -0.963. The Kier molecular flexibility index (Phi) is 13.9. The van der Waals surface area contributed by atoms with Crippen LogP contribution in [0.1, 0.15) is 53.9 Å². The first kappa shape index (κ1) is 26.3. The number of amides is 1. The monoisotopic (exact) mass is 379 g/mol. The summed E-state index contributed by atoms with van der Waals surface area (Å²) in [6.07, 6.45) is 2.28. The van der Waals surface area contributed by atoms with E-state index < -0.39 is 14.2 Å². The fraction of sp³-hybridized carbons (Fsp3) is 0.882. The van der Waals surface area contributed by atoms with Crippen molar-refractivity contribution < 1.29 is 27.6 Å². The molecule has 0 radical (unpaired) electrons. The summed E-state index contributed by atoms with van der Waals surface area (Å²) in [5, 5.41) is 0. The van der Waals surface area contributed by atoms with E-state index in [1.165, 1.54) is 0 Å². The molecule has 0 aromatic heterocycles. The van der Waals surface area contributed by atoms with Crippen molar-refractivity contribution in [3.05, 3.63) is 0 Å². The smallest absolute Gasteiger partial charge is 0.465 e. The molecule has 0 heterocycles. The van der Waals surface area contributed by atoms with Gasteiger partial charge in [0.2, 0.25) is 5.91 Å². The van der Waals surface area contributed by atoms with Crippen LogP contribution >= 0.6 is 0 Å². The van der Waals surface area contributed by atoms with Crippen molar-refractivity contribution in [3.63, 3.8) is 0 Å². The average Bonchev–Trinajstić information content (AvgIpc) is 2.61. The number of hydrogen-bond acceptors (Lipinski definition) is 6. The zero-order chi connectivity index (χ0) is 20.1. The summed E-state index contributed by atoms with van der Waals surface area (Å²) in [5.74, 6) is -0.327. The van der Waals surface area contributed by atoms with Crippen molar-refractivity contribution in [3.8, 4) is 0 Å². The summed E-state index contributed by atoms with van der Waals surface area (Å²) in [5.41, 5.74) is 4.49. The van der Waals surface area contributed by atoms with Gasteiger partial charge in [-0.3, -0.25) is 9.59 Å². The molecule has 7 nitrogen and oxygen atoms in total. The van der Waals surface area contributed by atoms with E-state index in [0.717, 1.165) is 12.8 Å². The highest BCUT2D eigenvalue weighted by molar-refractivity contribution is 6.60. The van der Waals surface area contributed by atoms with Crippen LogP contribution in [0.3, 0.4) is 0 Å². The van der Waals surface area contributed by atoms with Crippen LogP contribution in [0.25, 0.3) is 0 Å². The van der Waals surface area contributed by atoms with Gasteiger partial charge in [-0.1, -0.05) is 20.8 Å². The van der Waals surface area contributed by atoms with E-state index in [0.29, 0.717) is 19.1 Å². The maximum absolute atomic E-state index is 11.7. The topological polar surface area (TPSA) is 97.1 Å². The van der Waals surface area contributed by atoms with Gasteiger partial charge in [-0.05, 0) is 33.1 Å². The lowest BCUT2D eigenvalue weighted by molar-refractivity contribution is -0.154. The maximum Gasteiger partial charge on any atom is 0.500 e. The lowest BCUT2D eigenvalue weighted by Crippen LogP contribution is -2.42. The van der Waals surface area contributed by atoms with E-state index >= 15 is 0 Å². The lowest BCUT2D eigenvalue weighted by Gasteiger charge is -2.24. The van der Waals surface area contributed by atoms with E-state index in [2.05, 4.69) is 0 Å². The van der Waals surface area contributed by atoms with Crippen LogP contribution in [0.4, 0.5) is 0 Å². The van der Waals surface area contributed by atoms with Crippen molar-refractivity contribution >= 4 is 20.7 Å². The molecule has 0 fully saturated rings. The minimum absolute atomic E-state index is 0.0417. The van der Waals surface area contributed by atoms with Crippen molar-refractivity contribution in [2.45, 2.75) is 59.9 Å². The highest BCUT2D eigenvalue weighted by atomic mass is 28.4. The summed E-state index contributed by atoms with van der Waals surface area (Å²) in [7, 11) is 2.19. The van der Waals surface area contributed by atoms with Crippen molar-refractivity contribution in [1.82, 2.24) is 0 Å². The first-order chi connectivity index (χ1) is 11.6. The molecular formula is C17H37NO6Si. The summed E-state index contributed by atoms with van der Waals surface area (Å²) in [4.78, 5) is 21.9. The maximum atomic E-state index is 11.7. The number of primary amides is 1.